The Labute approximate surface area is 209 Å². The summed E-state index contributed by atoms with van der Waals surface area (Å²) in [5.74, 6) is 0.698. The van der Waals surface area contributed by atoms with Crippen LogP contribution in [0.2, 0.25) is 0 Å². The van der Waals surface area contributed by atoms with Crippen molar-refractivity contribution in [2.45, 2.75) is 27.7 Å². The number of benzene rings is 2. The number of hydrogen-bond acceptors (Lipinski definition) is 7. The average Bonchev–Trinajstić information content (AvgIpc) is 3.28. The molecule has 36 heavy (non-hydrogen) atoms. The second-order valence-corrected chi connectivity index (χ2v) is 8.23. The number of amides is 1. The Hall–Kier alpha value is -4.40. The molecule has 9 nitrogen and oxygen atoms in total. The van der Waals surface area contributed by atoms with Crippen LogP contribution >= 0.6 is 0 Å². The van der Waals surface area contributed by atoms with Crippen molar-refractivity contribution in [3.63, 3.8) is 0 Å². The highest BCUT2D eigenvalue weighted by atomic mass is 16.5. The number of hydrogen-bond donors (Lipinski definition) is 1. The smallest absolute Gasteiger partial charge is 0.343 e. The van der Waals surface area contributed by atoms with E-state index in [0.717, 1.165) is 22.1 Å². The van der Waals surface area contributed by atoms with E-state index >= 15 is 0 Å². The molecule has 0 spiro atoms. The van der Waals surface area contributed by atoms with E-state index < -0.39 is 11.9 Å². The van der Waals surface area contributed by atoms with E-state index in [1.54, 1.807) is 20.1 Å². The molecule has 9 heteroatoms. The molecule has 4 rings (SSSR count). The van der Waals surface area contributed by atoms with Gasteiger partial charge in [0.1, 0.15) is 22.6 Å². The van der Waals surface area contributed by atoms with E-state index in [1.807, 2.05) is 57.2 Å². The third-order valence-electron chi connectivity index (χ3n) is 5.87. The highest BCUT2D eigenvalue weighted by Crippen LogP contribution is 2.29. The van der Waals surface area contributed by atoms with Crippen LogP contribution in [0, 0.1) is 20.8 Å². The van der Waals surface area contributed by atoms with Crippen molar-refractivity contribution in [1.82, 2.24) is 14.8 Å². The van der Waals surface area contributed by atoms with Crippen molar-refractivity contribution in [3.8, 4) is 17.3 Å². The number of fused-ring (bicyclic) bond motifs is 1. The molecule has 0 aliphatic rings. The Balaban J connectivity index is 1.70. The highest BCUT2D eigenvalue weighted by molar-refractivity contribution is 6.01. The Morgan fingerprint density at radius 1 is 1.03 bits per heavy atom. The summed E-state index contributed by atoms with van der Waals surface area (Å²) >= 11 is 0. The number of ether oxygens (including phenoxy) is 3. The lowest BCUT2D eigenvalue weighted by molar-refractivity contribution is -0.118. The maximum atomic E-state index is 12.9. The normalized spacial score (nSPS) is 10.8. The first-order chi connectivity index (χ1) is 17.3. The van der Waals surface area contributed by atoms with Crippen molar-refractivity contribution in [3.05, 3.63) is 70.9 Å². The molecule has 0 atom stereocenters. The van der Waals surface area contributed by atoms with Gasteiger partial charge in [-0.1, -0.05) is 24.3 Å². The maximum absolute atomic E-state index is 12.9. The van der Waals surface area contributed by atoms with Crippen LogP contribution in [0.15, 0.2) is 48.7 Å². The number of nitrogens with zero attached hydrogens (tertiary/aromatic N) is 3. The fourth-order valence-corrected chi connectivity index (χ4v) is 3.84. The number of carbonyl (C=O) groups excluding carboxylic acids is 2. The van der Waals surface area contributed by atoms with Crippen LogP contribution in [0.3, 0.4) is 0 Å². The number of rotatable bonds is 8. The van der Waals surface area contributed by atoms with Crippen molar-refractivity contribution in [2.75, 3.05) is 25.6 Å². The summed E-state index contributed by atoms with van der Waals surface area (Å²) in [4.78, 5) is 30.3. The Morgan fingerprint density at radius 3 is 2.53 bits per heavy atom. The van der Waals surface area contributed by atoms with Gasteiger partial charge in [0.15, 0.2) is 18.2 Å². The fourth-order valence-electron chi connectivity index (χ4n) is 3.84. The predicted molar refractivity (Wildman–Crippen MR) is 136 cm³/mol. The molecule has 0 saturated heterocycles. The summed E-state index contributed by atoms with van der Waals surface area (Å²) in [6.07, 6.45) is 1.35. The van der Waals surface area contributed by atoms with E-state index in [-0.39, 0.29) is 24.6 Å². The SMILES string of the molecule is CCOC(=O)c1cnn(-c2cc(C)c3cccc(OC)c3n2)c1NC(=O)COc1cccc(C)c1C. The van der Waals surface area contributed by atoms with Gasteiger partial charge in [-0.3, -0.25) is 4.79 Å². The van der Waals surface area contributed by atoms with Crippen LogP contribution in [0.25, 0.3) is 16.7 Å². The lowest BCUT2D eigenvalue weighted by Crippen LogP contribution is -2.24. The van der Waals surface area contributed by atoms with Crippen LogP contribution in [0.1, 0.15) is 34.0 Å². The Kier molecular flexibility index (Phi) is 7.19. The summed E-state index contributed by atoms with van der Waals surface area (Å²) in [6, 6.07) is 13.1. The second-order valence-electron chi connectivity index (χ2n) is 8.23. The van der Waals surface area contributed by atoms with E-state index in [2.05, 4.69) is 10.4 Å². The second kappa shape index (κ2) is 10.5. The third kappa shape index (κ3) is 4.86. The molecule has 0 aliphatic heterocycles. The average molecular weight is 489 g/mol. The summed E-state index contributed by atoms with van der Waals surface area (Å²) < 4.78 is 17.8. The zero-order valence-electron chi connectivity index (χ0n) is 20.9. The molecule has 0 fully saturated rings. The lowest BCUT2D eigenvalue weighted by Gasteiger charge is -2.14. The van der Waals surface area contributed by atoms with E-state index in [1.165, 1.54) is 10.9 Å². The van der Waals surface area contributed by atoms with Crippen molar-refractivity contribution in [1.29, 1.82) is 0 Å². The topological polar surface area (TPSA) is 105 Å². The van der Waals surface area contributed by atoms with Gasteiger partial charge >= 0.3 is 5.97 Å². The van der Waals surface area contributed by atoms with Crippen LogP contribution in [-0.2, 0) is 9.53 Å². The molecule has 1 N–H and O–H groups in total. The van der Waals surface area contributed by atoms with Gasteiger partial charge in [-0.05, 0) is 62.6 Å². The van der Waals surface area contributed by atoms with Gasteiger partial charge in [0.25, 0.3) is 5.91 Å². The predicted octanol–water partition coefficient (Wildman–Crippen LogP) is 4.55. The van der Waals surface area contributed by atoms with Crippen molar-refractivity contribution < 1.29 is 23.8 Å². The first kappa shape index (κ1) is 24.7. The van der Waals surface area contributed by atoms with Gasteiger partial charge in [0.2, 0.25) is 0 Å². The van der Waals surface area contributed by atoms with Gasteiger partial charge in [-0.15, -0.1) is 0 Å². The third-order valence-corrected chi connectivity index (χ3v) is 5.87. The standard InChI is InChI=1S/C27H28N4O5/c1-6-35-27(33)20-14-28-31(23-13-17(3)19-10-8-12-22(34-5)25(19)29-23)26(20)30-24(32)15-36-21-11-7-9-16(2)18(21)4/h7-14H,6,15H2,1-5H3,(H,30,32). The van der Waals surface area contributed by atoms with Crippen LogP contribution < -0.4 is 14.8 Å². The molecule has 0 aliphatic carbocycles. The quantitative estimate of drug-likeness (QED) is 0.363. The highest BCUT2D eigenvalue weighted by Gasteiger charge is 2.23. The molecule has 4 aromatic rings. The molecule has 2 aromatic carbocycles. The maximum Gasteiger partial charge on any atom is 0.343 e. The molecular formula is C27H28N4O5. The number of para-hydroxylation sites is 1. The molecular weight excluding hydrogens is 460 g/mol. The first-order valence-electron chi connectivity index (χ1n) is 11.5. The van der Waals surface area contributed by atoms with Gasteiger partial charge in [-0.25, -0.2) is 9.78 Å². The van der Waals surface area contributed by atoms with Crippen molar-refractivity contribution >= 4 is 28.6 Å². The number of esters is 1. The van der Waals surface area contributed by atoms with Crippen LogP contribution in [0.5, 0.6) is 11.5 Å². The molecule has 0 saturated carbocycles. The number of carbonyl (C=O) groups is 2. The van der Waals surface area contributed by atoms with Crippen LogP contribution in [-0.4, -0.2) is 47.0 Å². The fraction of sp³-hybridized carbons (Fsp3) is 0.259. The zero-order chi connectivity index (χ0) is 25.8. The molecule has 2 heterocycles. The number of aryl methyl sites for hydroxylation is 2. The molecule has 186 valence electrons. The number of methoxy groups -OCH3 is 1. The molecule has 0 radical (unpaired) electrons. The number of pyridine rings is 1. The number of aromatic nitrogens is 3. The minimum Gasteiger partial charge on any atom is -0.494 e. The zero-order valence-corrected chi connectivity index (χ0v) is 20.9. The molecule has 2 aromatic heterocycles. The largest absolute Gasteiger partial charge is 0.494 e. The minimum absolute atomic E-state index is 0.108. The monoisotopic (exact) mass is 488 g/mol. The Morgan fingerprint density at radius 2 is 1.78 bits per heavy atom. The summed E-state index contributed by atoms with van der Waals surface area (Å²) in [7, 11) is 1.58. The van der Waals surface area contributed by atoms with Crippen LogP contribution in [0.4, 0.5) is 5.82 Å². The molecule has 1 amide bonds. The van der Waals surface area contributed by atoms with Gasteiger partial charge < -0.3 is 19.5 Å². The van der Waals surface area contributed by atoms with Crippen molar-refractivity contribution in [2.24, 2.45) is 0 Å². The number of nitrogens with one attached hydrogen (secondary N) is 1. The van der Waals surface area contributed by atoms with Gasteiger partial charge in [0, 0.05) is 5.39 Å². The van der Waals surface area contributed by atoms with Gasteiger partial charge in [-0.2, -0.15) is 9.78 Å². The summed E-state index contributed by atoms with van der Waals surface area (Å²) in [5.41, 5.74) is 3.68. The summed E-state index contributed by atoms with van der Waals surface area (Å²) in [5, 5.41) is 8.03. The minimum atomic E-state index is -0.607. The molecule has 0 bridgehead atoms. The first-order valence-corrected chi connectivity index (χ1v) is 11.5. The van der Waals surface area contributed by atoms with E-state index in [4.69, 9.17) is 19.2 Å². The van der Waals surface area contributed by atoms with Gasteiger partial charge in [0.05, 0.1) is 19.9 Å². The van der Waals surface area contributed by atoms with E-state index in [0.29, 0.717) is 22.8 Å². The number of anilines is 1. The lowest BCUT2D eigenvalue weighted by atomic mass is 10.1. The molecule has 0 unspecified atom stereocenters. The Bertz CT molecular complexity index is 1440. The summed E-state index contributed by atoms with van der Waals surface area (Å²) in [6.45, 7) is 7.48. The van der Waals surface area contributed by atoms with E-state index in [9.17, 15) is 9.59 Å².